The van der Waals surface area contributed by atoms with Crippen molar-refractivity contribution in [3.05, 3.63) is 48.2 Å². The summed E-state index contributed by atoms with van der Waals surface area (Å²) in [6.45, 7) is 1.55. The van der Waals surface area contributed by atoms with E-state index in [4.69, 9.17) is 10.5 Å². The van der Waals surface area contributed by atoms with E-state index < -0.39 is 15.9 Å². The number of sulfonamides is 1. The lowest BCUT2D eigenvalue weighted by molar-refractivity contribution is 0.100. The first-order valence-electron chi connectivity index (χ1n) is 8.59. The standard InChI is InChI=1S/C18H20N6O4S/c1-3-29(26,27)24-12-6-4-11(5-7-12)16-15(17(19)25)18(23-22-16)21-14-9-8-13(28-2)10-20-14/h4-10,24H,3H2,1-2H3,(H2,19,25)(H2,20,21,22,23). The van der Waals surface area contributed by atoms with Gasteiger partial charge in [-0.2, -0.15) is 5.10 Å². The summed E-state index contributed by atoms with van der Waals surface area (Å²) < 4.78 is 30.9. The minimum Gasteiger partial charge on any atom is -0.495 e. The van der Waals surface area contributed by atoms with Crippen LogP contribution < -0.4 is 20.5 Å². The fourth-order valence-corrected chi connectivity index (χ4v) is 3.17. The van der Waals surface area contributed by atoms with Crippen LogP contribution in [0.3, 0.4) is 0 Å². The summed E-state index contributed by atoms with van der Waals surface area (Å²) in [6, 6.07) is 9.87. The molecule has 3 aromatic rings. The fourth-order valence-electron chi connectivity index (χ4n) is 2.53. The van der Waals surface area contributed by atoms with Gasteiger partial charge in [0.25, 0.3) is 5.91 Å². The van der Waals surface area contributed by atoms with E-state index in [1.54, 1.807) is 43.3 Å². The van der Waals surface area contributed by atoms with Crippen LogP contribution in [0.5, 0.6) is 5.75 Å². The number of anilines is 3. The van der Waals surface area contributed by atoms with Crippen LogP contribution in [0.1, 0.15) is 17.3 Å². The lowest BCUT2D eigenvalue weighted by atomic mass is 10.1. The fraction of sp³-hybridized carbons (Fsp3) is 0.167. The molecule has 1 amide bonds. The summed E-state index contributed by atoms with van der Waals surface area (Å²) >= 11 is 0. The number of nitrogens with one attached hydrogen (secondary N) is 3. The van der Waals surface area contributed by atoms with E-state index in [9.17, 15) is 13.2 Å². The molecule has 0 aliphatic rings. The topological polar surface area (TPSA) is 152 Å². The van der Waals surface area contributed by atoms with Crippen LogP contribution in [0, 0.1) is 0 Å². The largest absolute Gasteiger partial charge is 0.495 e. The number of hydrogen-bond acceptors (Lipinski definition) is 7. The summed E-state index contributed by atoms with van der Waals surface area (Å²) in [5.74, 6) is 0.555. The molecule has 0 saturated carbocycles. The Kier molecular flexibility index (Phi) is 5.69. The van der Waals surface area contributed by atoms with Gasteiger partial charge in [-0.05, 0) is 31.2 Å². The minimum absolute atomic E-state index is 0.0322. The Balaban J connectivity index is 1.89. The SMILES string of the molecule is CCS(=O)(=O)Nc1ccc(-c2[nH]nc(Nc3ccc(OC)cn3)c2C(N)=O)cc1. The third kappa shape index (κ3) is 4.63. The van der Waals surface area contributed by atoms with Crippen molar-refractivity contribution in [2.24, 2.45) is 5.73 Å². The summed E-state index contributed by atoms with van der Waals surface area (Å²) in [7, 11) is -1.84. The molecule has 0 aliphatic carbocycles. The normalized spacial score (nSPS) is 11.1. The van der Waals surface area contributed by atoms with Crippen molar-refractivity contribution in [2.45, 2.75) is 6.92 Å². The van der Waals surface area contributed by atoms with Gasteiger partial charge < -0.3 is 15.8 Å². The van der Waals surface area contributed by atoms with E-state index in [2.05, 4.69) is 25.2 Å². The zero-order valence-electron chi connectivity index (χ0n) is 15.8. The summed E-state index contributed by atoms with van der Waals surface area (Å²) in [5.41, 5.74) is 7.14. The van der Waals surface area contributed by atoms with Crippen LogP contribution in [-0.2, 0) is 10.0 Å². The average molecular weight is 416 g/mol. The number of ether oxygens (including phenoxy) is 1. The van der Waals surface area contributed by atoms with Gasteiger partial charge in [0, 0.05) is 11.3 Å². The highest BCUT2D eigenvalue weighted by atomic mass is 32.2. The molecule has 0 fully saturated rings. The van der Waals surface area contributed by atoms with E-state index in [0.29, 0.717) is 28.5 Å². The highest BCUT2D eigenvalue weighted by Gasteiger charge is 2.20. The molecule has 2 aromatic heterocycles. The molecule has 2 heterocycles. The molecule has 29 heavy (non-hydrogen) atoms. The van der Waals surface area contributed by atoms with Crippen molar-refractivity contribution in [3.63, 3.8) is 0 Å². The number of primary amides is 1. The van der Waals surface area contributed by atoms with Gasteiger partial charge in [-0.15, -0.1) is 0 Å². The Hall–Kier alpha value is -3.60. The van der Waals surface area contributed by atoms with Gasteiger partial charge >= 0.3 is 0 Å². The van der Waals surface area contributed by atoms with Crippen molar-refractivity contribution >= 4 is 33.3 Å². The van der Waals surface area contributed by atoms with E-state index in [1.165, 1.54) is 13.3 Å². The Morgan fingerprint density at radius 3 is 2.48 bits per heavy atom. The van der Waals surface area contributed by atoms with Gasteiger partial charge in [0.1, 0.15) is 17.1 Å². The summed E-state index contributed by atoms with van der Waals surface area (Å²) in [5, 5.41) is 9.86. The first-order chi connectivity index (χ1) is 13.8. The van der Waals surface area contributed by atoms with E-state index in [1.807, 2.05) is 0 Å². The smallest absolute Gasteiger partial charge is 0.254 e. The van der Waals surface area contributed by atoms with Crippen molar-refractivity contribution in [1.82, 2.24) is 15.2 Å². The van der Waals surface area contributed by atoms with E-state index >= 15 is 0 Å². The second-order valence-corrected chi connectivity index (χ2v) is 7.99. The van der Waals surface area contributed by atoms with Gasteiger partial charge in [0.2, 0.25) is 10.0 Å². The Bertz CT molecular complexity index is 1110. The number of benzene rings is 1. The molecular formula is C18H20N6O4S. The molecule has 5 N–H and O–H groups in total. The number of hydrogen-bond donors (Lipinski definition) is 4. The second-order valence-electron chi connectivity index (χ2n) is 5.98. The van der Waals surface area contributed by atoms with Crippen LogP contribution in [0.4, 0.5) is 17.3 Å². The first kappa shape index (κ1) is 20.1. The molecule has 3 rings (SSSR count). The maximum atomic E-state index is 12.1. The second kappa shape index (κ2) is 8.19. The van der Waals surface area contributed by atoms with Crippen LogP contribution in [0.2, 0.25) is 0 Å². The Morgan fingerprint density at radius 1 is 1.21 bits per heavy atom. The number of nitrogens with zero attached hydrogens (tertiary/aromatic N) is 2. The molecule has 0 aliphatic heterocycles. The molecule has 0 saturated heterocycles. The molecule has 11 heteroatoms. The highest BCUT2D eigenvalue weighted by Crippen LogP contribution is 2.29. The van der Waals surface area contributed by atoms with Gasteiger partial charge in [-0.3, -0.25) is 14.6 Å². The molecule has 0 bridgehead atoms. The quantitative estimate of drug-likeness (QED) is 0.439. The van der Waals surface area contributed by atoms with Crippen LogP contribution in [0.15, 0.2) is 42.6 Å². The maximum Gasteiger partial charge on any atom is 0.254 e. The molecule has 10 nitrogen and oxygen atoms in total. The predicted molar refractivity (Wildman–Crippen MR) is 110 cm³/mol. The molecule has 0 unspecified atom stereocenters. The zero-order chi connectivity index (χ0) is 21.0. The third-order valence-corrected chi connectivity index (χ3v) is 5.36. The summed E-state index contributed by atoms with van der Waals surface area (Å²) in [6.07, 6.45) is 1.52. The van der Waals surface area contributed by atoms with E-state index in [0.717, 1.165) is 0 Å². The lowest BCUT2D eigenvalue weighted by Gasteiger charge is -2.08. The van der Waals surface area contributed by atoms with Crippen LogP contribution in [0.25, 0.3) is 11.3 Å². The predicted octanol–water partition coefficient (Wildman–Crippen LogP) is 2.08. The van der Waals surface area contributed by atoms with Crippen molar-refractivity contribution in [2.75, 3.05) is 22.9 Å². The van der Waals surface area contributed by atoms with Crippen molar-refractivity contribution < 1.29 is 17.9 Å². The molecular weight excluding hydrogens is 396 g/mol. The zero-order valence-corrected chi connectivity index (χ0v) is 16.6. The first-order valence-corrected chi connectivity index (χ1v) is 10.2. The molecule has 0 spiro atoms. The number of aromatic amines is 1. The van der Waals surface area contributed by atoms with Gasteiger partial charge in [0.15, 0.2) is 5.82 Å². The average Bonchev–Trinajstić information content (AvgIpc) is 3.12. The van der Waals surface area contributed by atoms with Crippen molar-refractivity contribution in [1.29, 1.82) is 0 Å². The van der Waals surface area contributed by atoms with Gasteiger partial charge in [0.05, 0.1) is 24.8 Å². The number of pyridine rings is 1. The highest BCUT2D eigenvalue weighted by molar-refractivity contribution is 7.92. The number of H-pyrrole nitrogens is 1. The van der Waals surface area contributed by atoms with Crippen LogP contribution in [-0.4, -0.2) is 42.4 Å². The van der Waals surface area contributed by atoms with Gasteiger partial charge in [-0.1, -0.05) is 12.1 Å². The number of rotatable bonds is 8. The number of aromatic nitrogens is 3. The maximum absolute atomic E-state index is 12.1. The third-order valence-electron chi connectivity index (χ3n) is 4.06. The molecule has 0 atom stereocenters. The van der Waals surface area contributed by atoms with Crippen molar-refractivity contribution in [3.8, 4) is 17.0 Å². The number of methoxy groups -OCH3 is 1. The molecule has 0 radical (unpaired) electrons. The number of nitrogens with two attached hydrogens (primary N) is 1. The minimum atomic E-state index is -3.38. The number of amides is 1. The molecule has 1 aromatic carbocycles. The molecule has 152 valence electrons. The number of carbonyl (C=O) groups excluding carboxylic acids is 1. The van der Waals surface area contributed by atoms with Gasteiger partial charge in [-0.25, -0.2) is 13.4 Å². The van der Waals surface area contributed by atoms with E-state index in [-0.39, 0.29) is 17.1 Å². The lowest BCUT2D eigenvalue weighted by Crippen LogP contribution is -2.14. The monoisotopic (exact) mass is 416 g/mol. The summed E-state index contributed by atoms with van der Waals surface area (Å²) in [4.78, 5) is 16.2. The Labute approximate surface area is 167 Å². The Morgan fingerprint density at radius 2 is 1.93 bits per heavy atom. The van der Waals surface area contributed by atoms with Crippen LogP contribution >= 0.6 is 0 Å². The number of carbonyl (C=O) groups is 1.